The molecule has 0 N–H and O–H groups in total. The Kier molecular flexibility index (Phi) is 32.0. The SMILES string of the molecule is CCCP1(=O)c2ccc(-c3[c-]c(-c4ccccn4)ccc3)nc2-c2c([Se])cccc21.CCC[Si]1(CCC)c2ccc(-c3[c-]c(-c4ccccn4)ccc3)nc2-c2c([Se])cccc21.CC[CH2][Ge]1([CH2]CC)[c]2ccc(-c3[c-]c(-c4ccccn4)ccc3)nc2-c2c([Se])ccc[c]21.[Ni].[Ni].[Ni].[Ni].[Se]c1cccc2[se]c3ccc(-c4[c-]c(-c5ccccn5)ccc4)nc3c12. The van der Waals surface area contributed by atoms with Crippen molar-refractivity contribution in [3.63, 3.8) is 0 Å². The molecule has 3 aliphatic rings. The van der Waals surface area contributed by atoms with E-state index >= 15 is 0 Å². The van der Waals surface area contributed by atoms with Crippen LogP contribution in [0.25, 0.3) is 143 Å². The molecule has 1 unspecified atom stereocenters. The Morgan fingerprint density at radius 1 is 0.331 bits per heavy atom. The maximum absolute atomic E-state index is 14.0. The first-order valence-electron chi connectivity index (χ1n) is 41.1. The van der Waals surface area contributed by atoms with Crippen molar-refractivity contribution in [1.82, 2.24) is 39.9 Å². The molecule has 21 heteroatoms. The quantitative estimate of drug-likeness (QED) is 0.0470. The summed E-state index contributed by atoms with van der Waals surface area (Å²) in [4.78, 5) is 38.4. The van der Waals surface area contributed by atoms with Crippen LogP contribution in [-0.4, -0.2) is 146 Å². The third kappa shape index (κ3) is 18.8. The molecule has 0 saturated heterocycles. The van der Waals surface area contributed by atoms with E-state index in [1.807, 2.05) is 152 Å². The van der Waals surface area contributed by atoms with Gasteiger partial charge in [-0.2, -0.15) is 0 Å². The van der Waals surface area contributed by atoms with Crippen molar-refractivity contribution < 1.29 is 70.5 Å². The van der Waals surface area contributed by atoms with E-state index in [0.717, 1.165) is 128 Å². The number of aromatic nitrogens is 8. The van der Waals surface area contributed by atoms with Crippen LogP contribution in [0.4, 0.5) is 0 Å². The van der Waals surface area contributed by atoms with Crippen molar-refractivity contribution in [2.24, 2.45) is 0 Å². The molecule has 4 radical (unpaired) electrons. The van der Waals surface area contributed by atoms with Crippen molar-refractivity contribution >= 4 is 174 Å². The molecule has 9 aromatic heterocycles. The van der Waals surface area contributed by atoms with Crippen LogP contribution in [0.3, 0.4) is 0 Å². The van der Waals surface area contributed by atoms with Gasteiger partial charge in [0.05, 0.1) is 0 Å². The Labute approximate surface area is 810 Å². The molecule has 628 valence electrons. The molecule has 0 saturated carbocycles. The molecular formula is C103H83GeN8Ni4OPSe5Si-4. The summed E-state index contributed by atoms with van der Waals surface area (Å²) >= 11 is 10.9. The number of benzene rings is 8. The van der Waals surface area contributed by atoms with Crippen LogP contribution in [0, 0.1) is 24.3 Å². The van der Waals surface area contributed by atoms with Crippen LogP contribution in [-0.2, 0) is 70.5 Å². The van der Waals surface area contributed by atoms with E-state index in [2.05, 4.69) is 276 Å². The molecule has 124 heavy (non-hydrogen) atoms. The van der Waals surface area contributed by atoms with Gasteiger partial charge in [0.15, 0.2) is 0 Å². The van der Waals surface area contributed by atoms with E-state index < -0.39 is 28.5 Å². The first-order valence-corrected chi connectivity index (χ1v) is 55.6. The molecule has 8 aromatic carbocycles. The minimum absolute atomic E-state index is 0. The van der Waals surface area contributed by atoms with Crippen molar-refractivity contribution in [1.29, 1.82) is 0 Å². The number of fused-ring (bicyclic) bond motifs is 12. The van der Waals surface area contributed by atoms with Gasteiger partial charge >= 0.3 is 754 Å². The summed E-state index contributed by atoms with van der Waals surface area (Å²) in [6.07, 6.45) is 13.7. The predicted molar refractivity (Wildman–Crippen MR) is 509 cm³/mol. The molecule has 0 aliphatic carbocycles. The number of nitrogens with zero attached hydrogens (tertiary/aromatic N) is 8. The van der Waals surface area contributed by atoms with Gasteiger partial charge in [0.1, 0.15) is 0 Å². The summed E-state index contributed by atoms with van der Waals surface area (Å²) in [6.45, 7) is 11.4. The summed E-state index contributed by atoms with van der Waals surface area (Å²) < 4.78 is 24.6. The molecule has 0 amide bonds. The summed E-state index contributed by atoms with van der Waals surface area (Å²) in [5.74, 6) is 0. The Morgan fingerprint density at radius 2 is 0.742 bits per heavy atom. The molecule has 3 aliphatic heterocycles. The summed E-state index contributed by atoms with van der Waals surface area (Å²) in [6, 6.07) is 109. The zero-order valence-corrected chi connectivity index (χ0v) is 85.0. The molecule has 0 fully saturated rings. The van der Waals surface area contributed by atoms with E-state index in [4.69, 9.17) is 19.9 Å². The van der Waals surface area contributed by atoms with Crippen molar-refractivity contribution in [3.05, 3.63) is 316 Å². The van der Waals surface area contributed by atoms with E-state index in [1.165, 1.54) is 103 Å². The molecule has 17 aromatic rings. The van der Waals surface area contributed by atoms with Crippen molar-refractivity contribution in [3.8, 4) is 124 Å². The fraction of sp³-hybridized carbons (Fsp3) is 0.146. The zero-order chi connectivity index (χ0) is 82.5. The molecule has 1 atom stereocenters. The Hall–Kier alpha value is -7.48. The van der Waals surface area contributed by atoms with Gasteiger partial charge in [-0.05, 0) is 0 Å². The molecule has 20 rings (SSSR count). The van der Waals surface area contributed by atoms with Gasteiger partial charge in [-0.1, -0.05) is 0 Å². The minimum atomic E-state index is -2.65. The van der Waals surface area contributed by atoms with Crippen molar-refractivity contribution in [2.75, 3.05) is 6.16 Å². The molecule has 9 nitrogen and oxygen atoms in total. The average Bonchev–Trinajstić information content (AvgIpc) is 1.57. The third-order valence-corrected chi connectivity index (χ3v) is 48.7. The van der Waals surface area contributed by atoms with Crippen LogP contribution in [0.5, 0.6) is 0 Å². The molecule has 12 heterocycles. The standard InChI is InChI=1S/C28H26GeN2Se.C28H26N2SeSi.C25H19N2OPSe.C22H12N2Se2.4Ni/c1-3-16-29(17-4-2)22-11-8-13-26(32)27(22)28-23(29)14-15-25(31-28)21-10-7-9-20(19-21)24-12-5-6-18-30-24;1-3-17-32(18-4-2)25-13-8-12-24(31)27(25)28-26(32)15-14-23(30-28)21-10-7-9-20(19-21)22-11-5-6-16-29-22;1-2-15-29(28)21-10-6-11-23(30)24(21)25-22(29)13-12-20(27-25)18-8-5-7-17(16-18)19-9-3-4-14-26-19;25-18-8-4-9-19-21(18)22-20(26-19)11-10-17(24-22)15-6-3-5-14(13-15)16-7-1-2-12-23-16;;;;/h5-15,18H,3-4,16-17H2,1-2H3;5-16H,3-4,17-18H2,1-2H3;3-14H,2,15H2,1H3;1-12H;;;;/q4*-1;;;;. The van der Waals surface area contributed by atoms with Gasteiger partial charge in [-0.3, -0.25) is 0 Å². The monoisotopic (exact) mass is 2210 g/mol. The fourth-order valence-electron chi connectivity index (χ4n) is 17.8. The van der Waals surface area contributed by atoms with Gasteiger partial charge in [0.25, 0.3) is 0 Å². The molecular weight excluding hydrogens is 2130 g/mol. The summed E-state index contributed by atoms with van der Waals surface area (Å²) in [7, 11) is -4.44. The normalized spacial score (nSPS) is 13.4. The first kappa shape index (κ1) is 94.1. The second-order valence-electron chi connectivity index (χ2n) is 30.4. The van der Waals surface area contributed by atoms with Gasteiger partial charge in [0.2, 0.25) is 0 Å². The maximum atomic E-state index is 14.0. The number of hydrogen-bond acceptors (Lipinski definition) is 9. The molecule has 0 bridgehead atoms. The van der Waals surface area contributed by atoms with Gasteiger partial charge in [0, 0.05) is 66.0 Å². The average molecular weight is 2210 g/mol. The zero-order valence-electron chi connectivity index (χ0n) is 68.5. The first-order chi connectivity index (χ1) is 58.8. The summed E-state index contributed by atoms with van der Waals surface area (Å²) in [5, 5.41) is 8.84. The van der Waals surface area contributed by atoms with E-state index in [0.29, 0.717) is 20.7 Å². The van der Waals surface area contributed by atoms with Gasteiger partial charge < -0.3 is 0 Å². The second-order valence-corrected chi connectivity index (χ2v) is 52.4. The Morgan fingerprint density at radius 3 is 1.23 bits per heavy atom. The Balaban J connectivity index is 0.000000141. The second kappa shape index (κ2) is 42.2. The number of pyridine rings is 8. The number of rotatable bonds is 18. The van der Waals surface area contributed by atoms with E-state index in [-0.39, 0.29) is 66.0 Å². The fourth-order valence-corrected chi connectivity index (χ4v) is 43.8. The van der Waals surface area contributed by atoms with Crippen LogP contribution in [0.15, 0.2) is 292 Å². The Bertz CT molecular complexity index is 6510. The van der Waals surface area contributed by atoms with Gasteiger partial charge in [-0.15, -0.1) is 0 Å². The third-order valence-electron chi connectivity index (χ3n) is 22.9. The van der Waals surface area contributed by atoms with Gasteiger partial charge in [-0.25, -0.2) is 0 Å². The topological polar surface area (TPSA) is 120 Å². The van der Waals surface area contributed by atoms with Crippen LogP contribution < -0.4 is 47.6 Å². The summed E-state index contributed by atoms with van der Waals surface area (Å²) in [5.41, 5.74) is 23.3. The molecule has 0 spiro atoms. The van der Waals surface area contributed by atoms with Crippen LogP contribution in [0.2, 0.25) is 22.6 Å². The van der Waals surface area contributed by atoms with Crippen LogP contribution >= 0.6 is 7.14 Å². The van der Waals surface area contributed by atoms with E-state index in [1.54, 1.807) is 20.2 Å². The number of hydrogen-bond donors (Lipinski definition) is 0. The van der Waals surface area contributed by atoms with E-state index in [9.17, 15) is 4.57 Å². The van der Waals surface area contributed by atoms with Crippen LogP contribution in [0.1, 0.15) is 66.7 Å². The van der Waals surface area contributed by atoms with Crippen molar-refractivity contribution in [2.45, 2.75) is 89.3 Å². The predicted octanol–water partition coefficient (Wildman–Crippen LogP) is 17.4.